The number of hydrogen-bond donors (Lipinski definition) is 1. The van der Waals surface area contributed by atoms with Gasteiger partial charge in [-0.2, -0.15) is 5.10 Å². The van der Waals surface area contributed by atoms with Crippen molar-refractivity contribution >= 4 is 0 Å². The third-order valence-electron chi connectivity index (χ3n) is 4.94. The van der Waals surface area contributed by atoms with E-state index < -0.39 is 0 Å². The number of nitrogens with one attached hydrogen (secondary N) is 1. The molecule has 120 valence electrons. The highest BCUT2D eigenvalue weighted by Gasteiger charge is 2.41. The van der Waals surface area contributed by atoms with Crippen LogP contribution in [0, 0.1) is 17.3 Å². The maximum absolute atomic E-state index is 4.81. The summed E-state index contributed by atoms with van der Waals surface area (Å²) in [6.07, 6.45) is 7.18. The zero-order valence-electron chi connectivity index (χ0n) is 14.5. The van der Waals surface area contributed by atoms with E-state index in [2.05, 4.69) is 56.9 Å². The Bertz CT molecular complexity index is 433. The summed E-state index contributed by atoms with van der Waals surface area (Å²) in [5.74, 6) is 1.60. The van der Waals surface area contributed by atoms with Gasteiger partial charge in [-0.25, -0.2) is 0 Å². The van der Waals surface area contributed by atoms with Crippen LogP contribution >= 0.6 is 0 Å². The molecule has 0 aromatic carbocycles. The summed E-state index contributed by atoms with van der Waals surface area (Å²) in [6.45, 7) is 13.7. The van der Waals surface area contributed by atoms with Crippen molar-refractivity contribution in [2.75, 3.05) is 13.1 Å². The fourth-order valence-electron chi connectivity index (χ4n) is 3.10. The van der Waals surface area contributed by atoms with Crippen LogP contribution in [0.2, 0.25) is 0 Å². The number of rotatable bonds is 9. The van der Waals surface area contributed by atoms with E-state index in [9.17, 15) is 0 Å². The molecular weight excluding hydrogens is 258 g/mol. The minimum absolute atomic E-state index is 0.365. The van der Waals surface area contributed by atoms with Gasteiger partial charge in [0.1, 0.15) is 0 Å². The number of aromatic nitrogens is 2. The van der Waals surface area contributed by atoms with Gasteiger partial charge in [0.2, 0.25) is 0 Å². The fourth-order valence-corrected chi connectivity index (χ4v) is 3.10. The minimum atomic E-state index is 0.365. The van der Waals surface area contributed by atoms with Crippen molar-refractivity contribution in [2.24, 2.45) is 17.3 Å². The first kappa shape index (κ1) is 16.5. The predicted octanol–water partition coefficient (Wildman–Crippen LogP) is 4.06. The first-order chi connectivity index (χ1) is 9.94. The number of hydrogen-bond acceptors (Lipinski definition) is 2. The summed E-state index contributed by atoms with van der Waals surface area (Å²) in [5.41, 5.74) is 1.62. The van der Waals surface area contributed by atoms with Crippen LogP contribution in [0.4, 0.5) is 0 Å². The van der Waals surface area contributed by atoms with E-state index in [1.807, 2.05) is 0 Å². The van der Waals surface area contributed by atoms with Gasteiger partial charge in [0.25, 0.3) is 0 Å². The highest BCUT2D eigenvalue weighted by atomic mass is 15.3. The van der Waals surface area contributed by atoms with Gasteiger partial charge in [0, 0.05) is 18.8 Å². The zero-order valence-corrected chi connectivity index (χ0v) is 14.5. The average Bonchev–Trinajstić information content (AvgIpc) is 3.19. The first-order valence-corrected chi connectivity index (χ1v) is 8.69. The van der Waals surface area contributed by atoms with Crippen molar-refractivity contribution in [1.29, 1.82) is 0 Å². The second-order valence-corrected chi connectivity index (χ2v) is 7.67. The van der Waals surface area contributed by atoms with Crippen molar-refractivity contribution in [2.45, 2.75) is 66.3 Å². The Labute approximate surface area is 130 Å². The molecule has 3 nitrogen and oxygen atoms in total. The standard InChI is InChI=1S/C18H33N3/c1-6-15(4)21-10-9-17(20-21)11-18(5,16-7-8-16)13-19-12-14(2)3/h9-10,14-16,19H,6-8,11-13H2,1-5H3. The Balaban J connectivity index is 1.97. The van der Waals surface area contributed by atoms with Crippen molar-refractivity contribution in [3.63, 3.8) is 0 Å². The lowest BCUT2D eigenvalue weighted by molar-refractivity contribution is 0.248. The largest absolute Gasteiger partial charge is 0.316 e. The van der Waals surface area contributed by atoms with Gasteiger partial charge < -0.3 is 5.32 Å². The van der Waals surface area contributed by atoms with Gasteiger partial charge in [-0.1, -0.05) is 27.7 Å². The highest BCUT2D eigenvalue weighted by molar-refractivity contribution is 5.07. The predicted molar refractivity (Wildman–Crippen MR) is 89.5 cm³/mol. The maximum atomic E-state index is 4.81. The molecule has 1 fully saturated rings. The molecule has 2 rings (SSSR count). The van der Waals surface area contributed by atoms with Crippen molar-refractivity contribution in [3.05, 3.63) is 18.0 Å². The van der Waals surface area contributed by atoms with Gasteiger partial charge in [-0.15, -0.1) is 0 Å². The molecule has 0 amide bonds. The summed E-state index contributed by atoms with van der Waals surface area (Å²) in [6, 6.07) is 2.72. The third-order valence-corrected chi connectivity index (χ3v) is 4.94. The molecule has 1 N–H and O–H groups in total. The summed E-state index contributed by atoms with van der Waals surface area (Å²) in [7, 11) is 0. The van der Waals surface area contributed by atoms with Gasteiger partial charge in [0.05, 0.1) is 5.69 Å². The van der Waals surface area contributed by atoms with Crippen LogP contribution in [0.25, 0.3) is 0 Å². The lowest BCUT2D eigenvalue weighted by Crippen LogP contribution is -2.37. The molecule has 0 saturated heterocycles. The molecule has 21 heavy (non-hydrogen) atoms. The van der Waals surface area contributed by atoms with Gasteiger partial charge >= 0.3 is 0 Å². The van der Waals surface area contributed by atoms with E-state index in [1.54, 1.807) is 0 Å². The van der Waals surface area contributed by atoms with Crippen LogP contribution in [0.3, 0.4) is 0 Å². The third kappa shape index (κ3) is 4.57. The van der Waals surface area contributed by atoms with Gasteiger partial charge in [0.15, 0.2) is 0 Å². The normalized spacial score (nSPS) is 19.7. The van der Waals surface area contributed by atoms with Crippen LogP contribution in [-0.4, -0.2) is 22.9 Å². The molecule has 0 radical (unpaired) electrons. The molecule has 1 aliphatic rings. The van der Waals surface area contributed by atoms with Crippen LogP contribution in [-0.2, 0) is 6.42 Å². The summed E-state index contributed by atoms with van der Waals surface area (Å²) in [5, 5.41) is 8.48. The highest BCUT2D eigenvalue weighted by Crippen LogP contribution is 2.46. The molecule has 1 saturated carbocycles. The van der Waals surface area contributed by atoms with Crippen LogP contribution < -0.4 is 5.32 Å². The van der Waals surface area contributed by atoms with E-state index >= 15 is 0 Å². The second-order valence-electron chi connectivity index (χ2n) is 7.67. The van der Waals surface area contributed by atoms with E-state index in [0.717, 1.165) is 37.8 Å². The van der Waals surface area contributed by atoms with Crippen LogP contribution in [0.5, 0.6) is 0 Å². The Morgan fingerprint density at radius 2 is 2.10 bits per heavy atom. The van der Waals surface area contributed by atoms with Gasteiger partial charge in [-0.05, 0) is 62.5 Å². The first-order valence-electron chi connectivity index (χ1n) is 8.69. The van der Waals surface area contributed by atoms with Crippen LogP contribution in [0.1, 0.15) is 65.6 Å². The van der Waals surface area contributed by atoms with Crippen molar-refractivity contribution < 1.29 is 0 Å². The summed E-state index contributed by atoms with van der Waals surface area (Å²) >= 11 is 0. The SMILES string of the molecule is CCC(C)n1ccc(CC(C)(CNCC(C)C)C2CC2)n1. The topological polar surface area (TPSA) is 29.9 Å². The smallest absolute Gasteiger partial charge is 0.0630 e. The molecule has 1 aromatic rings. The molecule has 2 unspecified atom stereocenters. The number of nitrogens with zero attached hydrogens (tertiary/aromatic N) is 2. The van der Waals surface area contributed by atoms with Crippen molar-refractivity contribution in [3.8, 4) is 0 Å². The molecule has 0 aliphatic heterocycles. The average molecular weight is 291 g/mol. The molecular formula is C18H33N3. The Morgan fingerprint density at radius 1 is 1.38 bits per heavy atom. The molecule has 1 aliphatic carbocycles. The van der Waals surface area contributed by atoms with Crippen molar-refractivity contribution in [1.82, 2.24) is 15.1 Å². The van der Waals surface area contributed by atoms with E-state index in [0.29, 0.717) is 11.5 Å². The summed E-state index contributed by atoms with van der Waals surface area (Å²) in [4.78, 5) is 0. The van der Waals surface area contributed by atoms with Crippen LogP contribution in [0.15, 0.2) is 12.3 Å². The Kier molecular flexibility index (Phi) is 5.48. The maximum Gasteiger partial charge on any atom is 0.0630 e. The minimum Gasteiger partial charge on any atom is -0.316 e. The fraction of sp³-hybridized carbons (Fsp3) is 0.833. The molecule has 0 spiro atoms. The van der Waals surface area contributed by atoms with Gasteiger partial charge in [-0.3, -0.25) is 4.68 Å². The molecule has 2 atom stereocenters. The quantitative estimate of drug-likeness (QED) is 0.743. The van der Waals surface area contributed by atoms with E-state index in [4.69, 9.17) is 5.10 Å². The lowest BCUT2D eigenvalue weighted by atomic mass is 9.80. The molecule has 1 aromatic heterocycles. The molecule has 0 bridgehead atoms. The van der Waals surface area contributed by atoms with E-state index in [1.165, 1.54) is 18.5 Å². The summed E-state index contributed by atoms with van der Waals surface area (Å²) < 4.78 is 2.13. The molecule has 1 heterocycles. The Hall–Kier alpha value is -0.830. The van der Waals surface area contributed by atoms with E-state index in [-0.39, 0.29) is 0 Å². The zero-order chi connectivity index (χ0) is 15.5. The molecule has 3 heteroatoms. The Morgan fingerprint density at radius 3 is 2.67 bits per heavy atom. The lowest BCUT2D eigenvalue weighted by Gasteiger charge is -2.30. The second kappa shape index (κ2) is 6.95. The monoisotopic (exact) mass is 291 g/mol.